The number of carbonyl (C=O) groups excluding carboxylic acids is 2. The molecule has 1 saturated heterocycles. The number of hydrogen-bond donors (Lipinski definition) is 2. The smallest absolute Gasteiger partial charge is 0.313 e. The van der Waals surface area contributed by atoms with Crippen LogP contribution in [0.25, 0.3) is 0 Å². The Bertz CT molecular complexity index is 829. The fourth-order valence-corrected chi connectivity index (χ4v) is 3.04. The van der Waals surface area contributed by atoms with E-state index in [-0.39, 0.29) is 11.8 Å². The van der Waals surface area contributed by atoms with Crippen molar-refractivity contribution in [3.05, 3.63) is 65.5 Å². The van der Waals surface area contributed by atoms with Gasteiger partial charge >= 0.3 is 11.8 Å². The lowest BCUT2D eigenvalue weighted by Gasteiger charge is -2.33. The number of rotatable bonds is 5. The minimum Gasteiger partial charge on any atom is -0.371 e. The first-order chi connectivity index (χ1) is 13.5. The van der Waals surface area contributed by atoms with E-state index in [0.717, 1.165) is 18.7 Å². The van der Waals surface area contributed by atoms with E-state index in [1.165, 1.54) is 6.07 Å². The Hall–Kier alpha value is -2.77. The third-order valence-corrected chi connectivity index (χ3v) is 4.67. The van der Waals surface area contributed by atoms with Crippen LogP contribution >= 0.6 is 0 Å². The third kappa shape index (κ3) is 5.37. The monoisotopic (exact) mass is 385 g/mol. The van der Waals surface area contributed by atoms with Crippen LogP contribution in [0.4, 0.5) is 10.1 Å². The molecule has 1 aliphatic rings. The van der Waals surface area contributed by atoms with Gasteiger partial charge in [-0.15, -0.1) is 0 Å². The molecule has 1 fully saturated rings. The van der Waals surface area contributed by atoms with Crippen molar-refractivity contribution in [2.24, 2.45) is 0 Å². The average molecular weight is 385 g/mol. The van der Waals surface area contributed by atoms with Gasteiger partial charge in [0.1, 0.15) is 5.82 Å². The molecule has 0 saturated carbocycles. The molecule has 0 unspecified atom stereocenters. The van der Waals surface area contributed by atoms with Gasteiger partial charge in [-0.2, -0.15) is 0 Å². The van der Waals surface area contributed by atoms with Crippen molar-refractivity contribution in [2.45, 2.75) is 13.0 Å². The summed E-state index contributed by atoms with van der Waals surface area (Å²) in [5, 5.41) is 5.01. The van der Waals surface area contributed by atoms with Crippen LogP contribution in [0.2, 0.25) is 0 Å². The van der Waals surface area contributed by atoms with Crippen molar-refractivity contribution in [1.82, 2.24) is 10.2 Å². The molecular weight excluding hydrogens is 361 g/mol. The summed E-state index contributed by atoms with van der Waals surface area (Å²) < 4.78 is 19.3. The number of morpholine rings is 1. The van der Waals surface area contributed by atoms with Gasteiger partial charge in [-0.25, -0.2) is 4.39 Å². The lowest BCUT2D eigenvalue weighted by molar-refractivity contribution is -0.136. The number of amides is 2. The minimum absolute atomic E-state index is 0.00499. The van der Waals surface area contributed by atoms with Gasteiger partial charge in [0.2, 0.25) is 0 Å². The van der Waals surface area contributed by atoms with Crippen LogP contribution in [-0.2, 0) is 14.3 Å². The topological polar surface area (TPSA) is 70.7 Å². The average Bonchev–Trinajstić information content (AvgIpc) is 2.71. The fraction of sp³-hybridized carbons (Fsp3) is 0.333. The Balaban J connectivity index is 1.43. The maximum Gasteiger partial charge on any atom is 0.313 e. The van der Waals surface area contributed by atoms with Gasteiger partial charge in [0.05, 0.1) is 12.7 Å². The molecule has 1 aliphatic heterocycles. The number of nitrogens with one attached hydrogen (secondary N) is 2. The molecular formula is C21H24FN3O3. The molecule has 0 aromatic heterocycles. The molecule has 1 heterocycles. The van der Waals surface area contributed by atoms with Gasteiger partial charge in [0.15, 0.2) is 0 Å². The molecule has 7 heteroatoms. The maximum absolute atomic E-state index is 13.5. The third-order valence-electron chi connectivity index (χ3n) is 4.67. The zero-order chi connectivity index (χ0) is 19.9. The van der Waals surface area contributed by atoms with Crippen molar-refractivity contribution in [1.29, 1.82) is 0 Å². The highest BCUT2D eigenvalue weighted by Crippen LogP contribution is 2.21. The first-order valence-corrected chi connectivity index (χ1v) is 9.27. The minimum atomic E-state index is -0.813. The van der Waals surface area contributed by atoms with Crippen LogP contribution in [-0.4, -0.2) is 49.5 Å². The van der Waals surface area contributed by atoms with E-state index in [1.54, 1.807) is 19.1 Å². The van der Waals surface area contributed by atoms with Crippen LogP contribution in [0.5, 0.6) is 0 Å². The summed E-state index contributed by atoms with van der Waals surface area (Å²) in [6.07, 6.45) is 0.00499. The van der Waals surface area contributed by atoms with E-state index in [4.69, 9.17) is 4.74 Å². The van der Waals surface area contributed by atoms with E-state index in [9.17, 15) is 14.0 Å². The van der Waals surface area contributed by atoms with Gasteiger partial charge < -0.3 is 15.4 Å². The van der Waals surface area contributed by atoms with Crippen molar-refractivity contribution in [3.8, 4) is 0 Å². The molecule has 0 aliphatic carbocycles. The van der Waals surface area contributed by atoms with E-state index in [2.05, 4.69) is 15.5 Å². The molecule has 2 aromatic carbocycles. The predicted octanol–water partition coefficient (Wildman–Crippen LogP) is 2.26. The summed E-state index contributed by atoms with van der Waals surface area (Å²) in [5.74, 6) is -1.99. The summed E-state index contributed by atoms with van der Waals surface area (Å²) >= 11 is 0. The van der Waals surface area contributed by atoms with Gasteiger partial charge in [-0.3, -0.25) is 14.5 Å². The second kappa shape index (κ2) is 9.43. The molecule has 2 N–H and O–H groups in total. The van der Waals surface area contributed by atoms with Crippen LogP contribution in [0.3, 0.4) is 0 Å². The van der Waals surface area contributed by atoms with Crippen molar-refractivity contribution in [3.63, 3.8) is 0 Å². The number of nitrogens with zero attached hydrogens (tertiary/aromatic N) is 1. The number of aryl methyl sites for hydroxylation is 1. The van der Waals surface area contributed by atoms with Crippen LogP contribution in [0.1, 0.15) is 17.2 Å². The summed E-state index contributed by atoms with van der Waals surface area (Å²) in [5.41, 5.74) is 1.85. The lowest BCUT2D eigenvalue weighted by Crippen LogP contribution is -2.44. The van der Waals surface area contributed by atoms with E-state index >= 15 is 0 Å². The Morgan fingerprint density at radius 1 is 1.18 bits per heavy atom. The van der Waals surface area contributed by atoms with Gasteiger partial charge in [-0.1, -0.05) is 36.4 Å². The molecule has 3 rings (SSSR count). The van der Waals surface area contributed by atoms with Gasteiger partial charge in [0.25, 0.3) is 0 Å². The number of anilines is 1. The molecule has 0 spiro atoms. The molecule has 1 atom stereocenters. The van der Waals surface area contributed by atoms with E-state index in [0.29, 0.717) is 25.3 Å². The lowest BCUT2D eigenvalue weighted by atomic mass is 10.1. The molecule has 2 aromatic rings. The number of halogens is 1. The molecule has 2 amide bonds. The van der Waals surface area contributed by atoms with Crippen molar-refractivity contribution >= 4 is 17.5 Å². The largest absolute Gasteiger partial charge is 0.371 e. The van der Waals surface area contributed by atoms with Crippen LogP contribution in [0, 0.1) is 12.7 Å². The highest BCUT2D eigenvalue weighted by molar-refractivity contribution is 6.39. The molecule has 148 valence electrons. The van der Waals surface area contributed by atoms with Gasteiger partial charge in [0, 0.05) is 31.9 Å². The van der Waals surface area contributed by atoms with Crippen molar-refractivity contribution in [2.75, 3.05) is 38.1 Å². The van der Waals surface area contributed by atoms with E-state index in [1.807, 2.05) is 30.3 Å². The first kappa shape index (κ1) is 20.0. The quantitative estimate of drug-likeness (QED) is 0.775. The number of carbonyl (C=O) groups is 2. The summed E-state index contributed by atoms with van der Waals surface area (Å²) in [6, 6.07) is 14.3. The van der Waals surface area contributed by atoms with Crippen LogP contribution in [0.15, 0.2) is 48.5 Å². The summed E-state index contributed by atoms with van der Waals surface area (Å²) in [6.45, 7) is 4.71. The Kier molecular flexibility index (Phi) is 6.73. The Labute approximate surface area is 163 Å². The molecule has 28 heavy (non-hydrogen) atoms. The second-order valence-electron chi connectivity index (χ2n) is 6.74. The summed E-state index contributed by atoms with van der Waals surface area (Å²) in [7, 11) is 0. The highest BCUT2D eigenvalue weighted by atomic mass is 19.1. The first-order valence-electron chi connectivity index (χ1n) is 9.27. The predicted molar refractivity (Wildman–Crippen MR) is 104 cm³/mol. The number of ether oxygens (including phenoxy) is 1. The number of hydrogen-bond acceptors (Lipinski definition) is 4. The normalized spacial score (nSPS) is 17.1. The van der Waals surface area contributed by atoms with Crippen molar-refractivity contribution < 1.29 is 18.7 Å². The zero-order valence-corrected chi connectivity index (χ0v) is 15.8. The summed E-state index contributed by atoms with van der Waals surface area (Å²) in [4.78, 5) is 26.1. The maximum atomic E-state index is 13.5. The SMILES string of the molecule is Cc1ccc(NC(=O)C(=O)NCCN2CCO[C@H](c3ccccc3)C2)cc1F. The molecule has 6 nitrogen and oxygen atoms in total. The Morgan fingerprint density at radius 3 is 2.71 bits per heavy atom. The fourth-order valence-electron chi connectivity index (χ4n) is 3.04. The van der Waals surface area contributed by atoms with E-state index < -0.39 is 17.6 Å². The van der Waals surface area contributed by atoms with Gasteiger partial charge in [-0.05, 0) is 30.2 Å². The zero-order valence-electron chi connectivity index (χ0n) is 15.8. The standard InChI is InChI=1S/C21H24FN3O3/c1-15-7-8-17(13-18(15)22)24-21(27)20(26)23-9-10-25-11-12-28-19(14-25)16-5-3-2-4-6-16/h2-8,13,19H,9-12,14H2,1H3,(H,23,26)(H,24,27)/t19-/m0/s1. The second-order valence-corrected chi connectivity index (χ2v) is 6.74. The Morgan fingerprint density at radius 2 is 1.96 bits per heavy atom. The molecule has 0 bridgehead atoms. The highest BCUT2D eigenvalue weighted by Gasteiger charge is 2.22. The number of benzene rings is 2. The van der Waals surface area contributed by atoms with Crippen LogP contribution < -0.4 is 10.6 Å². The molecule has 0 radical (unpaired) electrons.